The van der Waals surface area contributed by atoms with Crippen LogP contribution in [0.3, 0.4) is 0 Å². The molecule has 0 saturated carbocycles. The van der Waals surface area contributed by atoms with Crippen LogP contribution in [0.5, 0.6) is 0 Å². The van der Waals surface area contributed by atoms with Gasteiger partial charge in [-0.1, -0.05) is 0 Å². The van der Waals surface area contributed by atoms with Crippen LogP contribution in [0, 0.1) is 0 Å². The van der Waals surface area contributed by atoms with Gasteiger partial charge < -0.3 is 4.90 Å². The predicted molar refractivity (Wildman–Crippen MR) is 90.4 cm³/mol. The van der Waals surface area contributed by atoms with Gasteiger partial charge in [0.15, 0.2) is 0 Å². The molecule has 0 bridgehead atoms. The monoisotopic (exact) mass is 312 g/mol. The molecule has 1 aromatic heterocycles. The normalized spacial score (nSPS) is 13.5. The molecule has 0 aliphatic carbocycles. The number of nitrogens with zero attached hydrogens (tertiary/aromatic N) is 2. The lowest BCUT2D eigenvalue weighted by Crippen LogP contribution is -2.29. The van der Waals surface area contributed by atoms with Crippen LogP contribution in [-0.2, 0) is 12.8 Å². The van der Waals surface area contributed by atoms with Crippen LogP contribution in [-0.4, -0.2) is 35.1 Å². The third kappa shape index (κ3) is 3.50. The molecule has 114 valence electrons. The van der Waals surface area contributed by atoms with Crippen molar-refractivity contribution in [2.45, 2.75) is 24.2 Å². The van der Waals surface area contributed by atoms with Crippen molar-refractivity contribution in [2.75, 3.05) is 19.3 Å². The van der Waals surface area contributed by atoms with Gasteiger partial charge in [-0.2, -0.15) is 0 Å². The van der Waals surface area contributed by atoms with Crippen molar-refractivity contribution in [3.05, 3.63) is 59.4 Å². The average Bonchev–Trinajstić information content (AvgIpc) is 2.59. The van der Waals surface area contributed by atoms with Crippen molar-refractivity contribution >= 4 is 17.7 Å². The van der Waals surface area contributed by atoms with Crippen molar-refractivity contribution in [3.8, 4) is 0 Å². The minimum Gasteiger partial charge on any atom is -0.341 e. The van der Waals surface area contributed by atoms with E-state index in [9.17, 15) is 4.79 Å². The molecule has 1 aliphatic heterocycles. The molecule has 3 nitrogen and oxygen atoms in total. The summed E-state index contributed by atoms with van der Waals surface area (Å²) in [5.74, 6) is 1.29. The lowest BCUT2D eigenvalue weighted by molar-refractivity contribution is 0.0796. The molecule has 0 radical (unpaired) electrons. The van der Waals surface area contributed by atoms with Gasteiger partial charge >= 0.3 is 0 Å². The maximum absolute atomic E-state index is 12.6. The SMILES string of the molecule is CN(CCc1ccncc1)C(=O)c1ccc2c(c1)CCCS2. The lowest BCUT2D eigenvalue weighted by Gasteiger charge is -2.20. The first-order chi connectivity index (χ1) is 10.7. The molecule has 1 aliphatic rings. The summed E-state index contributed by atoms with van der Waals surface area (Å²) in [6.07, 6.45) is 6.72. The Hall–Kier alpha value is -1.81. The quantitative estimate of drug-likeness (QED) is 0.867. The highest BCUT2D eigenvalue weighted by Gasteiger charge is 2.15. The van der Waals surface area contributed by atoms with Crippen LogP contribution in [0.25, 0.3) is 0 Å². The Balaban J connectivity index is 1.65. The summed E-state index contributed by atoms with van der Waals surface area (Å²) < 4.78 is 0. The van der Waals surface area contributed by atoms with E-state index in [0.29, 0.717) is 6.54 Å². The molecule has 0 unspecified atom stereocenters. The fraction of sp³-hybridized carbons (Fsp3) is 0.333. The zero-order chi connectivity index (χ0) is 15.4. The second-order valence-corrected chi connectivity index (χ2v) is 6.74. The van der Waals surface area contributed by atoms with Crippen molar-refractivity contribution in [1.82, 2.24) is 9.88 Å². The highest BCUT2D eigenvalue weighted by atomic mass is 32.2. The summed E-state index contributed by atoms with van der Waals surface area (Å²) in [4.78, 5) is 19.7. The highest BCUT2D eigenvalue weighted by Crippen LogP contribution is 2.30. The Morgan fingerprint density at radius 2 is 2.09 bits per heavy atom. The standard InChI is InChI=1S/C18H20N2OS/c1-20(11-8-14-6-9-19-10-7-14)18(21)16-4-5-17-15(13-16)3-2-12-22-17/h4-7,9-10,13H,2-3,8,11-12H2,1H3. The van der Waals surface area contributed by atoms with Crippen molar-refractivity contribution in [2.24, 2.45) is 0 Å². The summed E-state index contributed by atoms with van der Waals surface area (Å²) in [5.41, 5.74) is 3.33. The molecule has 0 N–H and O–H groups in total. The van der Waals surface area contributed by atoms with E-state index in [1.807, 2.05) is 37.0 Å². The number of pyridine rings is 1. The zero-order valence-corrected chi connectivity index (χ0v) is 13.6. The number of benzene rings is 1. The van der Waals surface area contributed by atoms with Gasteiger partial charge in [0, 0.05) is 36.4 Å². The summed E-state index contributed by atoms with van der Waals surface area (Å²) in [6, 6.07) is 10.1. The Labute approximate surface area is 135 Å². The number of amides is 1. The molecule has 0 fully saturated rings. The Bertz CT molecular complexity index is 657. The average molecular weight is 312 g/mol. The first kappa shape index (κ1) is 15.1. The summed E-state index contributed by atoms with van der Waals surface area (Å²) in [7, 11) is 1.87. The van der Waals surface area contributed by atoms with E-state index >= 15 is 0 Å². The first-order valence-electron chi connectivity index (χ1n) is 7.64. The van der Waals surface area contributed by atoms with E-state index in [4.69, 9.17) is 0 Å². The number of likely N-dealkylation sites (N-methyl/N-ethyl adjacent to an activating group) is 1. The molecule has 0 saturated heterocycles. The van der Waals surface area contributed by atoms with Crippen LogP contribution in [0.15, 0.2) is 47.6 Å². The van der Waals surface area contributed by atoms with E-state index in [1.54, 1.807) is 17.3 Å². The van der Waals surface area contributed by atoms with Gasteiger partial charge in [-0.25, -0.2) is 0 Å². The van der Waals surface area contributed by atoms with Crippen LogP contribution >= 0.6 is 11.8 Å². The number of rotatable bonds is 4. The second kappa shape index (κ2) is 6.97. The molecule has 2 heterocycles. The number of hydrogen-bond donors (Lipinski definition) is 0. The van der Waals surface area contributed by atoms with Crippen LogP contribution in [0.4, 0.5) is 0 Å². The summed E-state index contributed by atoms with van der Waals surface area (Å²) >= 11 is 1.89. The topological polar surface area (TPSA) is 33.2 Å². The van der Waals surface area contributed by atoms with Gasteiger partial charge in [0.1, 0.15) is 0 Å². The smallest absolute Gasteiger partial charge is 0.253 e. The van der Waals surface area contributed by atoms with Gasteiger partial charge in [-0.05, 0) is 66.5 Å². The minimum absolute atomic E-state index is 0.104. The van der Waals surface area contributed by atoms with Gasteiger partial charge in [0.2, 0.25) is 0 Å². The number of fused-ring (bicyclic) bond motifs is 1. The van der Waals surface area contributed by atoms with E-state index < -0.39 is 0 Å². The Morgan fingerprint density at radius 3 is 2.91 bits per heavy atom. The largest absolute Gasteiger partial charge is 0.341 e. The van der Waals surface area contributed by atoms with Crippen molar-refractivity contribution in [1.29, 1.82) is 0 Å². The van der Waals surface area contributed by atoms with Gasteiger partial charge in [0.05, 0.1) is 0 Å². The fourth-order valence-corrected chi connectivity index (χ4v) is 3.68. The lowest BCUT2D eigenvalue weighted by atomic mass is 10.1. The van der Waals surface area contributed by atoms with Gasteiger partial charge in [-0.3, -0.25) is 9.78 Å². The second-order valence-electron chi connectivity index (χ2n) is 5.61. The maximum atomic E-state index is 12.6. The predicted octanol–water partition coefficient (Wildman–Crippen LogP) is 3.43. The molecule has 1 amide bonds. The van der Waals surface area contributed by atoms with Crippen LogP contribution < -0.4 is 0 Å². The number of carbonyl (C=O) groups is 1. The fourth-order valence-electron chi connectivity index (χ4n) is 2.66. The maximum Gasteiger partial charge on any atom is 0.253 e. The van der Waals surface area contributed by atoms with E-state index in [-0.39, 0.29) is 5.91 Å². The summed E-state index contributed by atoms with van der Waals surface area (Å²) in [5, 5.41) is 0. The molecule has 1 aromatic carbocycles. The van der Waals surface area contributed by atoms with Crippen LogP contribution in [0.1, 0.15) is 27.9 Å². The molecule has 4 heteroatoms. The Kier molecular flexibility index (Phi) is 4.78. The molecule has 22 heavy (non-hydrogen) atoms. The molecule has 3 rings (SSSR count). The molecular formula is C18H20N2OS. The number of aryl methyl sites for hydroxylation is 1. The summed E-state index contributed by atoms with van der Waals surface area (Å²) in [6.45, 7) is 0.717. The van der Waals surface area contributed by atoms with Crippen molar-refractivity contribution < 1.29 is 4.79 Å². The number of aromatic nitrogens is 1. The third-order valence-electron chi connectivity index (χ3n) is 3.99. The first-order valence-corrected chi connectivity index (χ1v) is 8.63. The van der Waals surface area contributed by atoms with Crippen molar-refractivity contribution in [3.63, 3.8) is 0 Å². The molecule has 0 spiro atoms. The minimum atomic E-state index is 0.104. The molecule has 2 aromatic rings. The highest BCUT2D eigenvalue weighted by molar-refractivity contribution is 7.99. The van der Waals surface area contributed by atoms with Crippen LogP contribution in [0.2, 0.25) is 0 Å². The number of hydrogen-bond acceptors (Lipinski definition) is 3. The molecule has 0 atom stereocenters. The third-order valence-corrected chi connectivity index (χ3v) is 5.19. The van der Waals surface area contributed by atoms with Gasteiger partial charge in [-0.15, -0.1) is 11.8 Å². The van der Waals surface area contributed by atoms with E-state index in [2.05, 4.69) is 17.1 Å². The number of carbonyl (C=O) groups excluding carboxylic acids is 1. The van der Waals surface area contributed by atoms with E-state index in [0.717, 1.165) is 18.4 Å². The zero-order valence-electron chi connectivity index (χ0n) is 12.8. The van der Waals surface area contributed by atoms with E-state index in [1.165, 1.54) is 28.2 Å². The molecular weight excluding hydrogens is 292 g/mol. The Morgan fingerprint density at radius 1 is 1.27 bits per heavy atom. The number of thioether (sulfide) groups is 1. The van der Waals surface area contributed by atoms with Gasteiger partial charge in [0.25, 0.3) is 5.91 Å².